The molecule has 94 valence electrons. The van der Waals surface area contributed by atoms with E-state index < -0.39 is 5.60 Å². The van der Waals surface area contributed by atoms with Crippen LogP contribution in [0.5, 0.6) is 5.75 Å². The molecule has 1 aliphatic carbocycles. The van der Waals surface area contributed by atoms with Crippen molar-refractivity contribution in [3.63, 3.8) is 0 Å². The molecule has 0 atom stereocenters. The highest BCUT2D eigenvalue weighted by Crippen LogP contribution is 2.30. The highest BCUT2D eigenvalue weighted by molar-refractivity contribution is 6.31. The molecule has 0 aromatic heterocycles. The second kappa shape index (κ2) is 5.28. The SMILES string of the molecule is CCc1cc(OCC2(O)CCCC2)ccc1Cl. The number of aliphatic hydroxyl groups is 1. The van der Waals surface area contributed by atoms with Crippen molar-refractivity contribution in [2.45, 2.75) is 44.6 Å². The van der Waals surface area contributed by atoms with Crippen LogP contribution < -0.4 is 4.74 Å². The van der Waals surface area contributed by atoms with Crippen molar-refractivity contribution < 1.29 is 9.84 Å². The standard InChI is InChI=1S/C14H19ClO2/c1-2-11-9-12(5-6-13(11)15)17-10-14(16)7-3-4-8-14/h5-6,9,16H,2-4,7-8,10H2,1H3. The Morgan fingerprint density at radius 1 is 1.35 bits per heavy atom. The molecule has 3 heteroatoms. The number of hydrogen-bond donors (Lipinski definition) is 1. The first-order valence-electron chi connectivity index (χ1n) is 6.26. The molecule has 1 N–H and O–H groups in total. The maximum absolute atomic E-state index is 10.2. The molecule has 2 nitrogen and oxygen atoms in total. The third-order valence-corrected chi connectivity index (χ3v) is 3.81. The van der Waals surface area contributed by atoms with Crippen molar-refractivity contribution in [2.24, 2.45) is 0 Å². The Bertz CT molecular complexity index is 384. The molecule has 1 saturated carbocycles. The van der Waals surface area contributed by atoms with Crippen LogP contribution in [-0.2, 0) is 6.42 Å². The maximum Gasteiger partial charge on any atom is 0.119 e. The number of aryl methyl sites for hydroxylation is 1. The molecule has 1 fully saturated rings. The molecule has 0 aliphatic heterocycles. The Hall–Kier alpha value is -0.730. The van der Waals surface area contributed by atoms with Crippen molar-refractivity contribution in [3.05, 3.63) is 28.8 Å². The van der Waals surface area contributed by atoms with Gasteiger partial charge in [-0.15, -0.1) is 0 Å². The maximum atomic E-state index is 10.2. The number of ether oxygens (including phenoxy) is 1. The Kier molecular flexibility index (Phi) is 3.95. The molecule has 0 radical (unpaired) electrons. The molecule has 1 aromatic rings. The van der Waals surface area contributed by atoms with Gasteiger partial charge in [-0.3, -0.25) is 0 Å². The molecule has 0 amide bonds. The smallest absolute Gasteiger partial charge is 0.119 e. The summed E-state index contributed by atoms with van der Waals surface area (Å²) in [6.07, 6.45) is 4.78. The van der Waals surface area contributed by atoms with Crippen LogP contribution in [0.1, 0.15) is 38.2 Å². The molecule has 0 spiro atoms. The van der Waals surface area contributed by atoms with Gasteiger partial charge >= 0.3 is 0 Å². The summed E-state index contributed by atoms with van der Waals surface area (Å²) in [5, 5.41) is 11.0. The summed E-state index contributed by atoms with van der Waals surface area (Å²) in [4.78, 5) is 0. The van der Waals surface area contributed by atoms with E-state index in [1.165, 1.54) is 0 Å². The third kappa shape index (κ3) is 3.14. The fourth-order valence-corrected chi connectivity index (χ4v) is 2.56. The van der Waals surface area contributed by atoms with Crippen LogP contribution in [0.25, 0.3) is 0 Å². The van der Waals surface area contributed by atoms with Gasteiger partial charge < -0.3 is 9.84 Å². The Labute approximate surface area is 108 Å². The number of hydrogen-bond acceptors (Lipinski definition) is 2. The lowest BCUT2D eigenvalue weighted by molar-refractivity contribution is 0.00139. The molecule has 0 heterocycles. The van der Waals surface area contributed by atoms with E-state index in [1.807, 2.05) is 18.2 Å². The van der Waals surface area contributed by atoms with Crippen molar-refractivity contribution in [1.82, 2.24) is 0 Å². The minimum absolute atomic E-state index is 0.387. The normalized spacial score (nSPS) is 18.3. The first kappa shape index (κ1) is 12.7. The summed E-state index contributed by atoms with van der Waals surface area (Å²) in [5.41, 5.74) is 0.467. The Balaban J connectivity index is 1.99. The predicted molar refractivity (Wildman–Crippen MR) is 69.7 cm³/mol. The van der Waals surface area contributed by atoms with E-state index >= 15 is 0 Å². The van der Waals surface area contributed by atoms with Gasteiger partial charge in [0.15, 0.2) is 0 Å². The second-order valence-electron chi connectivity index (χ2n) is 4.83. The topological polar surface area (TPSA) is 29.5 Å². The minimum atomic E-state index is -0.619. The third-order valence-electron chi connectivity index (χ3n) is 3.44. The van der Waals surface area contributed by atoms with E-state index in [9.17, 15) is 5.11 Å². The number of benzene rings is 1. The van der Waals surface area contributed by atoms with Crippen molar-refractivity contribution in [1.29, 1.82) is 0 Å². The van der Waals surface area contributed by atoms with E-state index in [4.69, 9.17) is 16.3 Å². The van der Waals surface area contributed by atoms with E-state index in [0.29, 0.717) is 6.61 Å². The molecule has 0 unspecified atom stereocenters. The van der Waals surface area contributed by atoms with Gasteiger partial charge in [-0.25, -0.2) is 0 Å². The Morgan fingerprint density at radius 3 is 2.71 bits per heavy atom. The fourth-order valence-electron chi connectivity index (χ4n) is 2.31. The van der Waals surface area contributed by atoms with Crippen LogP contribution in [0, 0.1) is 0 Å². The Morgan fingerprint density at radius 2 is 2.06 bits per heavy atom. The van der Waals surface area contributed by atoms with Crippen LogP contribution >= 0.6 is 11.6 Å². The van der Waals surface area contributed by atoms with Gasteiger partial charge in [-0.1, -0.05) is 31.4 Å². The number of halogens is 1. The van der Waals surface area contributed by atoms with Gasteiger partial charge in [0, 0.05) is 5.02 Å². The van der Waals surface area contributed by atoms with Crippen LogP contribution in [-0.4, -0.2) is 17.3 Å². The summed E-state index contributed by atoms with van der Waals surface area (Å²) in [6.45, 7) is 2.45. The summed E-state index contributed by atoms with van der Waals surface area (Å²) in [6, 6.07) is 5.68. The molecular weight excluding hydrogens is 236 g/mol. The van der Waals surface area contributed by atoms with Crippen LogP contribution in [0.2, 0.25) is 5.02 Å². The monoisotopic (exact) mass is 254 g/mol. The molecule has 1 aliphatic rings. The van der Waals surface area contributed by atoms with E-state index in [2.05, 4.69) is 6.92 Å². The van der Waals surface area contributed by atoms with Crippen LogP contribution in [0.15, 0.2) is 18.2 Å². The molecule has 0 bridgehead atoms. The molecular formula is C14H19ClO2. The zero-order chi connectivity index (χ0) is 12.3. The average molecular weight is 255 g/mol. The summed E-state index contributed by atoms with van der Waals surface area (Å²) in [5.74, 6) is 0.798. The fraction of sp³-hybridized carbons (Fsp3) is 0.571. The highest BCUT2D eigenvalue weighted by Gasteiger charge is 2.31. The average Bonchev–Trinajstić information content (AvgIpc) is 2.76. The van der Waals surface area contributed by atoms with E-state index in [0.717, 1.165) is 48.4 Å². The lowest BCUT2D eigenvalue weighted by Gasteiger charge is -2.22. The second-order valence-corrected chi connectivity index (χ2v) is 5.23. The minimum Gasteiger partial charge on any atom is -0.491 e. The van der Waals surface area contributed by atoms with Crippen molar-refractivity contribution in [2.75, 3.05) is 6.61 Å². The first-order valence-corrected chi connectivity index (χ1v) is 6.64. The van der Waals surface area contributed by atoms with Gasteiger partial charge in [0.1, 0.15) is 12.4 Å². The molecule has 17 heavy (non-hydrogen) atoms. The van der Waals surface area contributed by atoms with Crippen LogP contribution in [0.4, 0.5) is 0 Å². The van der Waals surface area contributed by atoms with Gasteiger partial charge in [0.25, 0.3) is 0 Å². The molecule has 0 saturated heterocycles. The van der Waals surface area contributed by atoms with Gasteiger partial charge in [0.05, 0.1) is 5.60 Å². The van der Waals surface area contributed by atoms with Crippen molar-refractivity contribution >= 4 is 11.6 Å². The van der Waals surface area contributed by atoms with Gasteiger partial charge in [-0.05, 0) is 43.0 Å². The van der Waals surface area contributed by atoms with Gasteiger partial charge in [0.2, 0.25) is 0 Å². The highest BCUT2D eigenvalue weighted by atomic mass is 35.5. The number of rotatable bonds is 4. The van der Waals surface area contributed by atoms with Crippen molar-refractivity contribution in [3.8, 4) is 5.75 Å². The van der Waals surface area contributed by atoms with Gasteiger partial charge in [-0.2, -0.15) is 0 Å². The lowest BCUT2D eigenvalue weighted by Crippen LogP contribution is -2.32. The molecule has 1 aromatic carbocycles. The van der Waals surface area contributed by atoms with E-state index in [-0.39, 0.29) is 0 Å². The largest absolute Gasteiger partial charge is 0.491 e. The first-order chi connectivity index (χ1) is 8.13. The lowest BCUT2D eigenvalue weighted by atomic mass is 10.0. The zero-order valence-electron chi connectivity index (χ0n) is 10.2. The quantitative estimate of drug-likeness (QED) is 0.890. The summed E-state index contributed by atoms with van der Waals surface area (Å²) in [7, 11) is 0. The molecule has 2 rings (SSSR count). The summed E-state index contributed by atoms with van der Waals surface area (Å²) >= 11 is 6.05. The van der Waals surface area contributed by atoms with Crippen LogP contribution in [0.3, 0.4) is 0 Å². The zero-order valence-corrected chi connectivity index (χ0v) is 11.0. The van der Waals surface area contributed by atoms with E-state index in [1.54, 1.807) is 0 Å². The summed E-state index contributed by atoms with van der Waals surface area (Å²) < 4.78 is 5.68. The predicted octanol–water partition coefficient (Wildman–Crippen LogP) is 3.59.